The highest BCUT2D eigenvalue weighted by atomic mass is 32.2. The van der Waals surface area contributed by atoms with E-state index in [9.17, 15) is 0 Å². The summed E-state index contributed by atoms with van der Waals surface area (Å²) in [6.07, 6.45) is 0. The second-order valence-corrected chi connectivity index (χ2v) is 6.92. The molecule has 0 bridgehead atoms. The molecule has 3 N–H and O–H groups in total. The highest BCUT2D eigenvalue weighted by molar-refractivity contribution is 7.99. The predicted octanol–water partition coefficient (Wildman–Crippen LogP) is 3.53. The van der Waals surface area contributed by atoms with Crippen LogP contribution in [0, 0.1) is 0 Å². The maximum atomic E-state index is 5.82. The first-order chi connectivity index (χ1) is 10.6. The van der Waals surface area contributed by atoms with Crippen LogP contribution in [-0.4, -0.2) is 24.6 Å². The van der Waals surface area contributed by atoms with Crippen molar-refractivity contribution >= 4 is 40.3 Å². The molecule has 0 aromatic heterocycles. The van der Waals surface area contributed by atoms with Gasteiger partial charge in [0.25, 0.3) is 0 Å². The molecule has 0 aliphatic carbocycles. The van der Waals surface area contributed by atoms with Crippen LogP contribution in [-0.2, 0) is 0 Å². The van der Waals surface area contributed by atoms with Gasteiger partial charge in [-0.05, 0) is 38.2 Å². The third kappa shape index (κ3) is 2.72. The Labute approximate surface area is 140 Å². The fourth-order valence-electron chi connectivity index (χ4n) is 2.80. The Hall–Kier alpha value is -1.56. The van der Waals surface area contributed by atoms with Crippen LogP contribution in [0.3, 0.4) is 0 Å². The Morgan fingerprint density at radius 1 is 1.23 bits per heavy atom. The van der Waals surface area contributed by atoms with Crippen LogP contribution in [0.15, 0.2) is 52.3 Å². The monoisotopic (exact) mass is 329 g/mol. The molecule has 1 heterocycles. The number of hydrogen-bond acceptors (Lipinski definition) is 4. The quantitative estimate of drug-likeness (QED) is 0.840. The van der Waals surface area contributed by atoms with Crippen molar-refractivity contribution in [2.24, 2.45) is 5.73 Å². The van der Waals surface area contributed by atoms with E-state index in [0.717, 1.165) is 12.1 Å². The van der Waals surface area contributed by atoms with Gasteiger partial charge in [0.2, 0.25) is 0 Å². The second kappa shape index (κ2) is 6.28. The first kappa shape index (κ1) is 15.3. The van der Waals surface area contributed by atoms with E-state index >= 15 is 0 Å². The largest absolute Gasteiger partial charge is 0.389 e. The number of rotatable bonds is 4. The lowest BCUT2D eigenvalue weighted by Crippen LogP contribution is -2.37. The molecule has 1 aliphatic rings. The minimum atomic E-state index is 0.326. The fourth-order valence-corrected chi connectivity index (χ4v) is 3.98. The van der Waals surface area contributed by atoms with Crippen LogP contribution >= 0.6 is 24.0 Å². The third-order valence-electron chi connectivity index (χ3n) is 3.79. The van der Waals surface area contributed by atoms with Gasteiger partial charge in [0, 0.05) is 27.9 Å². The molecule has 3 rings (SSSR count). The van der Waals surface area contributed by atoms with Crippen LogP contribution in [0.4, 0.5) is 11.4 Å². The van der Waals surface area contributed by atoms with E-state index in [2.05, 4.69) is 53.5 Å². The summed E-state index contributed by atoms with van der Waals surface area (Å²) in [6, 6.07) is 15.1. The van der Waals surface area contributed by atoms with Gasteiger partial charge in [-0.15, -0.1) is 0 Å². The zero-order chi connectivity index (χ0) is 15.7. The van der Waals surface area contributed by atoms with Gasteiger partial charge in [0.15, 0.2) is 0 Å². The minimum absolute atomic E-state index is 0.326. The molecule has 5 heteroatoms. The molecule has 1 aliphatic heterocycles. The van der Waals surface area contributed by atoms with Gasteiger partial charge in [-0.1, -0.05) is 42.2 Å². The van der Waals surface area contributed by atoms with Crippen LogP contribution < -0.4 is 16.0 Å². The molecule has 0 amide bonds. The molecule has 0 spiro atoms. The van der Waals surface area contributed by atoms with Crippen molar-refractivity contribution in [1.29, 1.82) is 0 Å². The highest BCUT2D eigenvalue weighted by Crippen LogP contribution is 2.49. The van der Waals surface area contributed by atoms with E-state index in [1.165, 1.54) is 21.2 Å². The number of thiocarbonyl (C=S) groups is 1. The molecule has 3 nitrogen and oxygen atoms in total. The molecule has 114 valence electrons. The summed E-state index contributed by atoms with van der Waals surface area (Å²) in [5, 5.41) is 3.26. The van der Waals surface area contributed by atoms with Gasteiger partial charge in [0.1, 0.15) is 4.99 Å². The average Bonchev–Trinajstić information content (AvgIpc) is 2.52. The summed E-state index contributed by atoms with van der Waals surface area (Å²) in [7, 11) is 1.98. The van der Waals surface area contributed by atoms with Crippen LogP contribution in [0.25, 0.3) is 0 Å². The summed E-state index contributed by atoms with van der Waals surface area (Å²) in [4.78, 5) is 5.33. The summed E-state index contributed by atoms with van der Waals surface area (Å²) in [5.41, 5.74) is 9.14. The topological polar surface area (TPSA) is 41.3 Å². The minimum Gasteiger partial charge on any atom is -0.389 e. The first-order valence-electron chi connectivity index (χ1n) is 7.26. The van der Waals surface area contributed by atoms with E-state index < -0.39 is 0 Å². The molecule has 1 unspecified atom stereocenters. The van der Waals surface area contributed by atoms with Crippen LogP contribution in [0.2, 0.25) is 0 Å². The van der Waals surface area contributed by atoms with Crippen molar-refractivity contribution in [3.63, 3.8) is 0 Å². The summed E-state index contributed by atoms with van der Waals surface area (Å²) >= 11 is 6.94. The first-order valence-corrected chi connectivity index (χ1v) is 8.49. The number of hydrogen-bond donors (Lipinski definition) is 2. The number of nitrogens with one attached hydrogen (secondary N) is 1. The van der Waals surface area contributed by atoms with Gasteiger partial charge in [-0.3, -0.25) is 0 Å². The van der Waals surface area contributed by atoms with E-state index in [4.69, 9.17) is 18.0 Å². The Kier molecular flexibility index (Phi) is 4.38. The summed E-state index contributed by atoms with van der Waals surface area (Å²) in [6.45, 7) is 3.12. The summed E-state index contributed by atoms with van der Waals surface area (Å²) in [5.74, 6) is 0. The molecule has 0 fully saturated rings. The van der Waals surface area contributed by atoms with Gasteiger partial charge in [-0.2, -0.15) is 0 Å². The van der Waals surface area contributed by atoms with Gasteiger partial charge >= 0.3 is 0 Å². The molecular weight excluding hydrogens is 310 g/mol. The molecule has 0 saturated heterocycles. The Morgan fingerprint density at radius 2 is 1.95 bits per heavy atom. The lowest BCUT2D eigenvalue weighted by molar-refractivity contribution is 0.642. The van der Waals surface area contributed by atoms with Crippen molar-refractivity contribution in [2.45, 2.75) is 22.8 Å². The number of benzene rings is 2. The van der Waals surface area contributed by atoms with E-state index in [1.807, 2.05) is 13.1 Å². The third-order valence-corrected chi connectivity index (χ3v) is 5.15. The number of nitrogens with zero attached hydrogens (tertiary/aromatic N) is 1. The van der Waals surface area contributed by atoms with Crippen molar-refractivity contribution < 1.29 is 0 Å². The molecular formula is C17H19N3S2. The molecule has 0 radical (unpaired) electrons. The smallest absolute Gasteiger partial charge is 0.104 e. The lowest BCUT2D eigenvalue weighted by atomic mass is 10.1. The molecule has 1 atom stereocenters. The van der Waals surface area contributed by atoms with E-state index in [1.54, 1.807) is 11.8 Å². The molecule has 2 aromatic rings. The Balaban J connectivity index is 2.14. The zero-order valence-corrected chi connectivity index (χ0v) is 14.3. The summed E-state index contributed by atoms with van der Waals surface area (Å²) < 4.78 is 0. The number of nitrogens with two attached hydrogens (primary N) is 1. The van der Waals surface area contributed by atoms with Crippen molar-refractivity contribution in [1.82, 2.24) is 5.32 Å². The highest BCUT2D eigenvalue weighted by Gasteiger charge is 2.27. The molecule has 22 heavy (non-hydrogen) atoms. The van der Waals surface area contributed by atoms with Crippen LogP contribution in [0.1, 0.15) is 12.5 Å². The number of anilines is 2. The van der Waals surface area contributed by atoms with Gasteiger partial charge < -0.3 is 16.0 Å². The Bertz CT molecular complexity index is 715. The van der Waals surface area contributed by atoms with Gasteiger partial charge in [0.05, 0.1) is 11.4 Å². The maximum Gasteiger partial charge on any atom is 0.104 e. The van der Waals surface area contributed by atoms with Crippen molar-refractivity contribution in [3.8, 4) is 0 Å². The van der Waals surface area contributed by atoms with E-state index in [-0.39, 0.29) is 0 Å². The molecule has 0 saturated carbocycles. The fraction of sp³-hybridized carbons (Fsp3) is 0.235. The van der Waals surface area contributed by atoms with Crippen LogP contribution in [0.5, 0.6) is 0 Å². The van der Waals surface area contributed by atoms with Crippen molar-refractivity contribution in [2.75, 3.05) is 18.5 Å². The average molecular weight is 329 g/mol. The number of para-hydroxylation sites is 1. The van der Waals surface area contributed by atoms with E-state index in [0.29, 0.717) is 11.0 Å². The van der Waals surface area contributed by atoms with Gasteiger partial charge in [-0.25, -0.2) is 0 Å². The number of fused-ring (bicyclic) bond motifs is 2. The number of likely N-dealkylation sites (N-methyl/N-ethyl adjacent to an activating group) is 1. The second-order valence-electron chi connectivity index (χ2n) is 5.39. The standard InChI is InChI=1S/C17H19N3S2/c1-11(10-19-2)20-13-5-3-4-6-15(13)22-16-8-7-12(17(18)21)9-14(16)20/h3-9,11,19H,10H2,1-2H3,(H2,18,21). The Morgan fingerprint density at radius 3 is 2.68 bits per heavy atom. The zero-order valence-electron chi connectivity index (χ0n) is 12.7. The van der Waals surface area contributed by atoms with Crippen molar-refractivity contribution in [3.05, 3.63) is 48.0 Å². The predicted molar refractivity (Wildman–Crippen MR) is 98.4 cm³/mol. The maximum absolute atomic E-state index is 5.82. The molecule has 2 aromatic carbocycles. The SMILES string of the molecule is CNCC(C)N1c2ccccc2Sc2ccc(C(N)=S)cc21. The lowest BCUT2D eigenvalue weighted by Gasteiger charge is -2.37. The normalized spacial score (nSPS) is 14.2.